The summed E-state index contributed by atoms with van der Waals surface area (Å²) in [6, 6.07) is 3.22. The van der Waals surface area contributed by atoms with Crippen LogP contribution in [0.5, 0.6) is 0 Å². The van der Waals surface area contributed by atoms with Crippen LogP contribution in [0.25, 0.3) is 0 Å². The molecule has 1 aromatic carbocycles. The summed E-state index contributed by atoms with van der Waals surface area (Å²) < 4.78 is 0. The highest BCUT2D eigenvalue weighted by atomic mass is 16.4. The third kappa shape index (κ3) is 3.22. The fourth-order valence-corrected chi connectivity index (χ4v) is 2.14. The van der Waals surface area contributed by atoms with Gasteiger partial charge >= 0.3 is 5.97 Å². The Bertz CT molecular complexity index is 479. The highest BCUT2D eigenvalue weighted by Gasteiger charge is 2.27. The van der Waals surface area contributed by atoms with Gasteiger partial charge in [-0.15, -0.1) is 0 Å². The van der Waals surface area contributed by atoms with Gasteiger partial charge in [-0.1, -0.05) is 41.5 Å². The van der Waals surface area contributed by atoms with Gasteiger partial charge in [-0.05, 0) is 34.1 Å². The lowest BCUT2D eigenvalue weighted by atomic mass is 9.75. The van der Waals surface area contributed by atoms with Crippen LogP contribution in [-0.2, 0) is 10.8 Å². The Morgan fingerprint density at radius 2 is 1.37 bits per heavy atom. The maximum atomic E-state index is 11.5. The molecule has 104 valence electrons. The van der Waals surface area contributed by atoms with Gasteiger partial charge in [0.05, 0.1) is 5.56 Å². The molecule has 3 heteroatoms. The summed E-state index contributed by atoms with van der Waals surface area (Å²) in [5.74, 6) is -0.964. The average Bonchev–Trinajstić information content (AvgIpc) is 2.24. The summed E-state index contributed by atoms with van der Waals surface area (Å²) in [5, 5.41) is 9.24. The Kier molecular flexibility index (Phi) is 3.89. The number of aromatic carboxylic acids is 1. The Labute approximate surface area is 114 Å². The standard InChI is InChI=1S/C16H22O3/c1-15(2,3)12-7-10(14(18)19)8-13(11(12)9-17)16(4,5)6/h7-9H,1-6H3,(H,18,19). The van der Waals surface area contributed by atoms with Crippen molar-refractivity contribution in [3.05, 3.63) is 34.4 Å². The molecule has 0 amide bonds. The van der Waals surface area contributed by atoms with Crippen molar-refractivity contribution in [2.75, 3.05) is 0 Å². The fourth-order valence-electron chi connectivity index (χ4n) is 2.14. The lowest BCUT2D eigenvalue weighted by Gasteiger charge is -2.28. The van der Waals surface area contributed by atoms with Crippen LogP contribution in [0.1, 0.15) is 73.4 Å². The third-order valence-corrected chi connectivity index (χ3v) is 3.16. The summed E-state index contributed by atoms with van der Waals surface area (Å²) in [7, 11) is 0. The van der Waals surface area contributed by atoms with E-state index in [0.717, 1.165) is 17.4 Å². The Hall–Kier alpha value is -1.64. The van der Waals surface area contributed by atoms with Crippen LogP contribution >= 0.6 is 0 Å². The van der Waals surface area contributed by atoms with Crippen molar-refractivity contribution in [1.29, 1.82) is 0 Å². The van der Waals surface area contributed by atoms with Crippen LogP contribution in [-0.4, -0.2) is 17.4 Å². The van der Waals surface area contributed by atoms with Gasteiger partial charge in [0.25, 0.3) is 0 Å². The molecule has 0 aliphatic heterocycles. The van der Waals surface area contributed by atoms with Crippen LogP contribution in [0.3, 0.4) is 0 Å². The van der Waals surface area contributed by atoms with E-state index in [4.69, 9.17) is 0 Å². The van der Waals surface area contributed by atoms with E-state index >= 15 is 0 Å². The molecule has 0 aromatic heterocycles. The van der Waals surface area contributed by atoms with Crippen molar-refractivity contribution in [3.63, 3.8) is 0 Å². The monoisotopic (exact) mass is 262 g/mol. The molecule has 0 aliphatic carbocycles. The second-order valence-corrected chi connectivity index (χ2v) is 6.91. The summed E-state index contributed by atoms with van der Waals surface area (Å²) in [4.78, 5) is 22.7. The van der Waals surface area contributed by atoms with Crippen molar-refractivity contribution < 1.29 is 14.7 Å². The number of aldehydes is 1. The molecule has 0 heterocycles. The molecule has 1 aromatic rings. The van der Waals surface area contributed by atoms with E-state index in [-0.39, 0.29) is 16.4 Å². The first kappa shape index (κ1) is 15.4. The molecule has 0 aliphatic rings. The van der Waals surface area contributed by atoms with E-state index in [1.54, 1.807) is 12.1 Å². The van der Waals surface area contributed by atoms with E-state index in [0.29, 0.717) is 5.56 Å². The van der Waals surface area contributed by atoms with E-state index < -0.39 is 5.97 Å². The first-order chi connectivity index (χ1) is 8.48. The lowest BCUT2D eigenvalue weighted by Crippen LogP contribution is -2.22. The average molecular weight is 262 g/mol. The summed E-state index contributed by atoms with van der Waals surface area (Å²) in [6.45, 7) is 11.9. The summed E-state index contributed by atoms with van der Waals surface area (Å²) in [5.41, 5.74) is 1.87. The molecule has 0 unspecified atom stereocenters. The van der Waals surface area contributed by atoms with Gasteiger partial charge in [0.1, 0.15) is 0 Å². The van der Waals surface area contributed by atoms with Gasteiger partial charge in [0, 0.05) is 5.56 Å². The first-order valence-corrected chi connectivity index (χ1v) is 6.36. The minimum atomic E-state index is -0.964. The zero-order valence-corrected chi connectivity index (χ0v) is 12.5. The zero-order chi connectivity index (χ0) is 15.0. The van der Waals surface area contributed by atoms with Gasteiger partial charge in [0.2, 0.25) is 0 Å². The summed E-state index contributed by atoms with van der Waals surface area (Å²) >= 11 is 0. The molecular formula is C16H22O3. The number of benzene rings is 1. The van der Waals surface area contributed by atoms with Crippen molar-refractivity contribution in [3.8, 4) is 0 Å². The van der Waals surface area contributed by atoms with E-state index in [9.17, 15) is 14.7 Å². The zero-order valence-electron chi connectivity index (χ0n) is 12.5. The lowest BCUT2D eigenvalue weighted by molar-refractivity contribution is 0.0696. The molecule has 19 heavy (non-hydrogen) atoms. The Morgan fingerprint density at radius 1 is 1.00 bits per heavy atom. The molecule has 0 spiro atoms. The number of rotatable bonds is 2. The number of hydrogen-bond donors (Lipinski definition) is 1. The second kappa shape index (κ2) is 4.80. The third-order valence-electron chi connectivity index (χ3n) is 3.16. The van der Waals surface area contributed by atoms with E-state index in [1.165, 1.54) is 0 Å². The molecule has 0 fully saturated rings. The minimum absolute atomic E-state index is 0.237. The SMILES string of the molecule is CC(C)(C)c1cc(C(=O)O)cc(C(C)(C)C)c1C=O. The van der Waals surface area contributed by atoms with Crippen LogP contribution in [0.2, 0.25) is 0 Å². The van der Waals surface area contributed by atoms with Crippen molar-refractivity contribution in [2.45, 2.75) is 52.4 Å². The van der Waals surface area contributed by atoms with Crippen LogP contribution in [0.4, 0.5) is 0 Å². The van der Waals surface area contributed by atoms with Gasteiger partial charge in [-0.3, -0.25) is 4.79 Å². The largest absolute Gasteiger partial charge is 0.478 e. The number of hydrogen-bond acceptors (Lipinski definition) is 2. The smallest absolute Gasteiger partial charge is 0.335 e. The van der Waals surface area contributed by atoms with Gasteiger partial charge < -0.3 is 5.11 Å². The topological polar surface area (TPSA) is 54.4 Å². The molecule has 1 rings (SSSR count). The molecule has 0 bridgehead atoms. The molecule has 0 radical (unpaired) electrons. The van der Waals surface area contributed by atoms with Crippen LogP contribution in [0.15, 0.2) is 12.1 Å². The van der Waals surface area contributed by atoms with Gasteiger partial charge in [-0.2, -0.15) is 0 Å². The maximum absolute atomic E-state index is 11.5. The van der Waals surface area contributed by atoms with Crippen LogP contribution in [0, 0.1) is 0 Å². The second-order valence-electron chi connectivity index (χ2n) is 6.91. The highest BCUT2D eigenvalue weighted by Crippen LogP contribution is 2.34. The minimum Gasteiger partial charge on any atom is -0.478 e. The molecule has 0 atom stereocenters. The predicted octanol–water partition coefficient (Wildman–Crippen LogP) is 3.79. The maximum Gasteiger partial charge on any atom is 0.335 e. The Balaban J connectivity index is 3.77. The first-order valence-electron chi connectivity index (χ1n) is 6.36. The fraction of sp³-hybridized carbons (Fsp3) is 0.500. The molecular weight excluding hydrogens is 240 g/mol. The molecule has 1 N–H and O–H groups in total. The summed E-state index contributed by atoms with van der Waals surface area (Å²) in [6.07, 6.45) is 0.840. The van der Waals surface area contributed by atoms with Gasteiger partial charge in [0.15, 0.2) is 6.29 Å². The number of carboxylic acid groups (broad SMARTS) is 1. The number of carbonyl (C=O) groups is 2. The van der Waals surface area contributed by atoms with Crippen molar-refractivity contribution >= 4 is 12.3 Å². The van der Waals surface area contributed by atoms with E-state index in [2.05, 4.69) is 0 Å². The normalized spacial score (nSPS) is 12.3. The predicted molar refractivity (Wildman–Crippen MR) is 76.2 cm³/mol. The highest BCUT2D eigenvalue weighted by molar-refractivity contribution is 5.91. The van der Waals surface area contributed by atoms with Crippen LogP contribution < -0.4 is 0 Å². The molecule has 0 saturated carbocycles. The number of carboxylic acids is 1. The number of carbonyl (C=O) groups excluding carboxylic acids is 1. The van der Waals surface area contributed by atoms with Gasteiger partial charge in [-0.25, -0.2) is 4.79 Å². The quantitative estimate of drug-likeness (QED) is 0.825. The van der Waals surface area contributed by atoms with Crippen molar-refractivity contribution in [2.24, 2.45) is 0 Å². The van der Waals surface area contributed by atoms with E-state index in [1.807, 2.05) is 41.5 Å². The Morgan fingerprint density at radius 3 is 1.58 bits per heavy atom. The molecule has 3 nitrogen and oxygen atoms in total. The molecule has 0 saturated heterocycles. The van der Waals surface area contributed by atoms with Crippen molar-refractivity contribution in [1.82, 2.24) is 0 Å².